The number of hydrogen-bond acceptors (Lipinski definition) is 1. The van der Waals surface area contributed by atoms with Crippen LogP contribution < -0.4 is 0 Å². The molecule has 0 spiro atoms. The molecule has 2 aromatic carbocycles. The number of benzene rings is 2. The van der Waals surface area contributed by atoms with E-state index in [0.29, 0.717) is 0 Å². The maximum absolute atomic E-state index is 11.0. The molecule has 2 heteroatoms. The molecular weight excluding hydrogens is 224 g/mol. The fraction of sp³-hybridized carbons (Fsp3) is 0.0625. The molecule has 3 rings (SSSR count). The van der Waals surface area contributed by atoms with Crippen molar-refractivity contribution < 1.29 is 9.90 Å². The van der Waals surface area contributed by atoms with Crippen molar-refractivity contribution in [3.05, 3.63) is 65.2 Å². The van der Waals surface area contributed by atoms with Crippen LogP contribution in [0.5, 0.6) is 0 Å². The fourth-order valence-corrected chi connectivity index (χ4v) is 2.61. The Morgan fingerprint density at radius 3 is 2.39 bits per heavy atom. The average molecular weight is 236 g/mol. The lowest BCUT2D eigenvalue weighted by Gasteiger charge is -2.04. The molecule has 0 saturated heterocycles. The second-order valence-corrected chi connectivity index (χ2v) is 4.44. The van der Waals surface area contributed by atoms with Gasteiger partial charge in [-0.05, 0) is 40.3 Å². The fourth-order valence-electron chi connectivity index (χ4n) is 2.61. The minimum absolute atomic E-state index is 0.803. The lowest BCUT2D eigenvalue weighted by Crippen LogP contribution is -1.91. The number of aliphatic carboxylic acids is 1. The van der Waals surface area contributed by atoms with E-state index < -0.39 is 5.97 Å². The van der Waals surface area contributed by atoms with Gasteiger partial charge in [0.15, 0.2) is 0 Å². The minimum atomic E-state index is -0.908. The Morgan fingerprint density at radius 2 is 1.67 bits per heavy atom. The summed E-state index contributed by atoms with van der Waals surface area (Å²) in [5, 5.41) is 9.02. The Bertz CT molecular complexity index is 681. The zero-order chi connectivity index (χ0) is 12.7. The molecule has 1 aliphatic rings. The van der Waals surface area contributed by atoms with Crippen LogP contribution in [0.2, 0.25) is 0 Å². The summed E-state index contributed by atoms with van der Waals surface area (Å²) >= 11 is 0. The molecule has 2 nitrogen and oxygen atoms in total. The van der Waals surface area contributed by atoms with Crippen molar-refractivity contribution in [2.24, 2.45) is 0 Å². The first-order valence-corrected chi connectivity index (χ1v) is 5.83. The van der Waals surface area contributed by atoms with Gasteiger partial charge in [-0.1, -0.05) is 42.5 Å². The van der Waals surface area contributed by atoms with Crippen molar-refractivity contribution in [1.82, 2.24) is 0 Å². The first-order valence-electron chi connectivity index (χ1n) is 5.83. The van der Waals surface area contributed by atoms with Gasteiger partial charge < -0.3 is 5.11 Å². The van der Waals surface area contributed by atoms with E-state index in [1.807, 2.05) is 36.4 Å². The highest BCUT2D eigenvalue weighted by atomic mass is 16.4. The van der Waals surface area contributed by atoms with E-state index in [0.717, 1.165) is 27.8 Å². The van der Waals surface area contributed by atoms with Gasteiger partial charge in [0.2, 0.25) is 0 Å². The van der Waals surface area contributed by atoms with Gasteiger partial charge in [-0.25, -0.2) is 4.79 Å². The normalized spacial score (nSPS) is 14.4. The number of rotatable bonds is 1. The predicted molar refractivity (Wildman–Crippen MR) is 71.3 cm³/mol. The van der Waals surface area contributed by atoms with E-state index in [9.17, 15) is 4.79 Å². The highest BCUT2D eigenvalue weighted by Gasteiger charge is 2.24. The Hall–Kier alpha value is -2.35. The third-order valence-corrected chi connectivity index (χ3v) is 3.32. The molecule has 0 atom stereocenters. The average Bonchev–Trinajstić information content (AvgIpc) is 2.65. The minimum Gasteiger partial charge on any atom is -0.478 e. The highest BCUT2D eigenvalue weighted by Crippen LogP contribution is 2.45. The molecule has 0 amide bonds. The van der Waals surface area contributed by atoms with Crippen LogP contribution in [0.4, 0.5) is 0 Å². The number of fused-ring (bicyclic) bond motifs is 3. The largest absolute Gasteiger partial charge is 0.478 e. The predicted octanol–water partition coefficient (Wildman–Crippen LogP) is 3.49. The van der Waals surface area contributed by atoms with E-state index in [2.05, 4.69) is 13.0 Å². The smallest absolute Gasteiger partial charge is 0.328 e. The molecule has 0 aromatic heterocycles. The second-order valence-electron chi connectivity index (χ2n) is 4.44. The summed E-state index contributed by atoms with van der Waals surface area (Å²) in [4.78, 5) is 11.0. The Kier molecular flexibility index (Phi) is 2.30. The van der Waals surface area contributed by atoms with E-state index in [-0.39, 0.29) is 0 Å². The van der Waals surface area contributed by atoms with Crippen LogP contribution in [0, 0.1) is 6.92 Å². The number of carbonyl (C=O) groups is 1. The monoisotopic (exact) mass is 236 g/mol. The van der Waals surface area contributed by atoms with Crippen LogP contribution in [0.25, 0.3) is 16.7 Å². The van der Waals surface area contributed by atoms with Gasteiger partial charge in [-0.15, -0.1) is 0 Å². The molecule has 1 N–H and O–H groups in total. The first kappa shape index (κ1) is 10.8. The molecule has 0 heterocycles. The molecule has 2 aromatic rings. The van der Waals surface area contributed by atoms with E-state index >= 15 is 0 Å². The molecule has 18 heavy (non-hydrogen) atoms. The zero-order valence-corrected chi connectivity index (χ0v) is 9.97. The van der Waals surface area contributed by atoms with E-state index in [1.54, 1.807) is 0 Å². The summed E-state index contributed by atoms with van der Waals surface area (Å²) in [7, 11) is 0. The van der Waals surface area contributed by atoms with Gasteiger partial charge in [-0.3, -0.25) is 0 Å². The highest BCUT2D eigenvalue weighted by molar-refractivity contribution is 6.07. The van der Waals surface area contributed by atoms with Crippen LogP contribution in [-0.4, -0.2) is 11.1 Å². The van der Waals surface area contributed by atoms with Crippen molar-refractivity contribution in [2.75, 3.05) is 0 Å². The molecule has 0 saturated carbocycles. The van der Waals surface area contributed by atoms with Gasteiger partial charge in [0.25, 0.3) is 0 Å². The van der Waals surface area contributed by atoms with Gasteiger partial charge in [0.05, 0.1) is 0 Å². The van der Waals surface area contributed by atoms with Crippen molar-refractivity contribution in [3.8, 4) is 11.1 Å². The quantitative estimate of drug-likeness (QED) is 0.657. The van der Waals surface area contributed by atoms with Crippen LogP contribution in [0.1, 0.15) is 16.7 Å². The maximum Gasteiger partial charge on any atom is 0.328 e. The van der Waals surface area contributed by atoms with Crippen molar-refractivity contribution in [2.45, 2.75) is 6.92 Å². The summed E-state index contributed by atoms with van der Waals surface area (Å²) in [6.45, 7) is 2.05. The van der Waals surface area contributed by atoms with E-state index in [4.69, 9.17) is 5.11 Å². The van der Waals surface area contributed by atoms with Crippen molar-refractivity contribution >= 4 is 11.5 Å². The summed E-state index contributed by atoms with van der Waals surface area (Å²) in [6, 6.07) is 14.0. The lowest BCUT2D eigenvalue weighted by molar-refractivity contribution is -0.131. The molecule has 0 bridgehead atoms. The molecule has 0 radical (unpaired) electrons. The number of carboxylic acids is 1. The first-order chi connectivity index (χ1) is 8.68. The maximum atomic E-state index is 11.0. The molecular formula is C16H12O2. The van der Waals surface area contributed by atoms with Gasteiger partial charge >= 0.3 is 5.97 Å². The SMILES string of the molecule is Cc1cccc2c1-c1ccccc1/C2=C/C(=O)O. The Morgan fingerprint density at radius 1 is 1.00 bits per heavy atom. The molecule has 88 valence electrons. The Labute approximate surface area is 105 Å². The van der Waals surface area contributed by atoms with Gasteiger partial charge in [0.1, 0.15) is 0 Å². The van der Waals surface area contributed by atoms with Crippen LogP contribution in [-0.2, 0) is 4.79 Å². The van der Waals surface area contributed by atoms with Crippen molar-refractivity contribution in [1.29, 1.82) is 0 Å². The molecule has 0 fully saturated rings. The standard InChI is InChI=1S/C16H12O2/c1-10-5-4-8-13-14(9-15(17)18)11-6-2-3-7-12(11)16(10)13/h2-9H,1H3,(H,17,18)/b14-9-. The van der Waals surface area contributed by atoms with Crippen LogP contribution in [0.3, 0.4) is 0 Å². The van der Waals surface area contributed by atoms with Gasteiger partial charge in [-0.2, -0.15) is 0 Å². The zero-order valence-electron chi connectivity index (χ0n) is 9.97. The third kappa shape index (κ3) is 1.46. The van der Waals surface area contributed by atoms with Crippen molar-refractivity contribution in [3.63, 3.8) is 0 Å². The number of aryl methyl sites for hydroxylation is 1. The molecule has 0 aliphatic heterocycles. The van der Waals surface area contributed by atoms with Crippen LogP contribution in [0.15, 0.2) is 48.5 Å². The number of hydrogen-bond donors (Lipinski definition) is 1. The second kappa shape index (κ2) is 3.84. The van der Waals surface area contributed by atoms with Gasteiger partial charge in [0, 0.05) is 6.08 Å². The topological polar surface area (TPSA) is 37.3 Å². The summed E-state index contributed by atoms with van der Waals surface area (Å²) in [6.07, 6.45) is 1.30. The van der Waals surface area contributed by atoms with Crippen LogP contribution >= 0.6 is 0 Å². The summed E-state index contributed by atoms with van der Waals surface area (Å²) < 4.78 is 0. The third-order valence-electron chi connectivity index (χ3n) is 3.32. The van der Waals surface area contributed by atoms with E-state index in [1.165, 1.54) is 11.6 Å². The molecule has 0 unspecified atom stereocenters. The summed E-state index contributed by atoms with van der Waals surface area (Å²) in [5.41, 5.74) is 6.27. The summed E-state index contributed by atoms with van der Waals surface area (Å²) in [5.74, 6) is -0.908. The lowest BCUT2D eigenvalue weighted by atomic mass is 10.0. The molecule has 1 aliphatic carbocycles. The Balaban J connectivity index is 2.39. The number of carboxylic acid groups (broad SMARTS) is 1.